The minimum absolute atomic E-state index is 0.242. The molecule has 3 N–H and O–H groups in total. The molecule has 3 rings (SSSR count). The zero-order valence-corrected chi connectivity index (χ0v) is 13.8. The summed E-state index contributed by atoms with van der Waals surface area (Å²) >= 11 is 4.56. The van der Waals surface area contributed by atoms with Crippen molar-refractivity contribution in [2.24, 2.45) is 0 Å². The first-order valence-corrected chi connectivity index (χ1v) is 7.96. The van der Waals surface area contributed by atoms with Crippen LogP contribution in [0.4, 0.5) is 0 Å². The molecule has 8 heteroatoms. The van der Waals surface area contributed by atoms with Crippen molar-refractivity contribution >= 4 is 50.0 Å². The third kappa shape index (κ3) is 2.88. The number of hydrogen-bond donors (Lipinski definition) is 3. The lowest BCUT2D eigenvalue weighted by Crippen LogP contribution is -2.41. The lowest BCUT2D eigenvalue weighted by molar-refractivity contribution is 0.0847. The lowest BCUT2D eigenvalue weighted by Gasteiger charge is -2.04. The van der Waals surface area contributed by atoms with E-state index in [4.69, 9.17) is 0 Å². The summed E-state index contributed by atoms with van der Waals surface area (Å²) in [5.74, 6) is -0.846. The van der Waals surface area contributed by atoms with Crippen molar-refractivity contribution in [3.63, 3.8) is 0 Å². The fourth-order valence-electron chi connectivity index (χ4n) is 1.97. The number of H-pyrrole nitrogens is 1. The number of fused-ring (bicyclic) bond motifs is 1. The van der Waals surface area contributed by atoms with E-state index in [1.807, 2.05) is 25.1 Å². The number of halogens is 1. The first-order chi connectivity index (χ1) is 10.5. The zero-order chi connectivity index (χ0) is 15.7. The van der Waals surface area contributed by atoms with Crippen molar-refractivity contribution in [1.29, 1.82) is 0 Å². The summed E-state index contributed by atoms with van der Waals surface area (Å²) in [5, 5.41) is 7.50. The minimum atomic E-state index is -0.471. The molecule has 0 bridgehead atoms. The van der Waals surface area contributed by atoms with Crippen LogP contribution < -0.4 is 10.9 Å². The molecule has 0 radical (unpaired) electrons. The normalized spacial score (nSPS) is 10.6. The molecule has 0 spiro atoms. The molecule has 0 aliphatic rings. The number of aromatic amines is 1. The second-order valence-corrected chi connectivity index (χ2v) is 7.10. The Morgan fingerprint density at radius 3 is 2.68 bits per heavy atom. The Bertz CT molecular complexity index is 871. The van der Waals surface area contributed by atoms with Crippen molar-refractivity contribution in [3.05, 3.63) is 50.3 Å². The van der Waals surface area contributed by atoms with Gasteiger partial charge in [0.25, 0.3) is 11.8 Å². The maximum atomic E-state index is 12.2. The summed E-state index contributed by atoms with van der Waals surface area (Å²) in [6.45, 7) is 1.94. The summed E-state index contributed by atoms with van der Waals surface area (Å²) in [4.78, 5) is 24.5. The second kappa shape index (κ2) is 5.90. The number of rotatable bonds is 2. The highest BCUT2D eigenvalue weighted by Crippen LogP contribution is 2.21. The molecule has 112 valence electrons. The van der Waals surface area contributed by atoms with Crippen molar-refractivity contribution in [2.45, 2.75) is 6.92 Å². The van der Waals surface area contributed by atoms with Crippen LogP contribution in [-0.2, 0) is 0 Å². The van der Waals surface area contributed by atoms with Crippen molar-refractivity contribution < 1.29 is 9.59 Å². The van der Waals surface area contributed by atoms with Crippen LogP contribution >= 0.6 is 27.3 Å². The number of carbonyl (C=O) groups is 2. The summed E-state index contributed by atoms with van der Waals surface area (Å²) in [6.07, 6.45) is 0. The first-order valence-electron chi connectivity index (χ1n) is 6.35. The summed E-state index contributed by atoms with van der Waals surface area (Å²) in [6, 6.07) is 9.09. The number of aromatic nitrogens is 2. The number of amides is 2. The Kier molecular flexibility index (Phi) is 3.95. The van der Waals surface area contributed by atoms with E-state index in [0.717, 1.165) is 14.9 Å². The molecular formula is C14H11BrN4O2S. The molecule has 0 aliphatic heterocycles. The van der Waals surface area contributed by atoms with Gasteiger partial charge in [-0.2, -0.15) is 5.10 Å². The summed E-state index contributed by atoms with van der Waals surface area (Å²) in [7, 11) is 0. The highest BCUT2D eigenvalue weighted by atomic mass is 79.9. The van der Waals surface area contributed by atoms with E-state index in [2.05, 4.69) is 37.0 Å². The molecule has 0 aliphatic carbocycles. The number of nitrogens with zero attached hydrogens (tertiary/aromatic N) is 1. The van der Waals surface area contributed by atoms with Crippen LogP contribution in [0.1, 0.15) is 25.7 Å². The Hall–Kier alpha value is -2.19. The fraction of sp³-hybridized carbons (Fsp3) is 0.0714. The van der Waals surface area contributed by atoms with Crippen LogP contribution in [0, 0.1) is 6.92 Å². The topological polar surface area (TPSA) is 86.9 Å². The van der Waals surface area contributed by atoms with Crippen molar-refractivity contribution in [3.8, 4) is 0 Å². The highest BCUT2D eigenvalue weighted by molar-refractivity contribution is 9.11. The van der Waals surface area contributed by atoms with E-state index in [0.29, 0.717) is 10.3 Å². The Balaban J connectivity index is 1.73. The molecule has 6 nitrogen and oxygen atoms in total. The number of thiophene rings is 1. The van der Waals surface area contributed by atoms with Crippen molar-refractivity contribution in [2.75, 3.05) is 0 Å². The Labute approximate surface area is 138 Å². The number of carbonyl (C=O) groups excluding carboxylic acids is 2. The number of hydrogen-bond acceptors (Lipinski definition) is 4. The highest BCUT2D eigenvalue weighted by Gasteiger charge is 2.16. The average molecular weight is 379 g/mol. The number of hydrazine groups is 1. The monoisotopic (exact) mass is 378 g/mol. The van der Waals surface area contributed by atoms with Gasteiger partial charge >= 0.3 is 0 Å². The molecule has 3 aromatic rings. The molecular weight excluding hydrogens is 368 g/mol. The van der Waals surface area contributed by atoms with Crippen LogP contribution in [0.5, 0.6) is 0 Å². The molecule has 0 unspecified atom stereocenters. The number of benzene rings is 1. The third-order valence-corrected chi connectivity index (χ3v) is 4.64. The first kappa shape index (κ1) is 14.7. The van der Waals surface area contributed by atoms with Crippen LogP contribution in [0.2, 0.25) is 0 Å². The molecule has 2 heterocycles. The van der Waals surface area contributed by atoms with Gasteiger partial charge in [-0.1, -0.05) is 11.6 Å². The Morgan fingerprint density at radius 2 is 1.95 bits per heavy atom. The number of nitrogens with one attached hydrogen (secondary N) is 3. The van der Waals surface area contributed by atoms with Crippen molar-refractivity contribution in [1.82, 2.24) is 21.0 Å². The van der Waals surface area contributed by atoms with Crippen LogP contribution in [0.3, 0.4) is 0 Å². The van der Waals surface area contributed by atoms with Gasteiger partial charge in [-0.25, -0.2) is 0 Å². The van der Waals surface area contributed by atoms with Crippen LogP contribution in [0.25, 0.3) is 10.9 Å². The van der Waals surface area contributed by atoms with Gasteiger partial charge in [0.2, 0.25) is 0 Å². The second-order valence-electron chi connectivity index (χ2n) is 4.63. The van der Waals surface area contributed by atoms with Gasteiger partial charge in [-0.3, -0.25) is 25.5 Å². The molecule has 0 fully saturated rings. The minimum Gasteiger partial charge on any atom is -0.277 e. The molecule has 0 saturated heterocycles. The van der Waals surface area contributed by atoms with Crippen LogP contribution in [-0.4, -0.2) is 22.0 Å². The maximum absolute atomic E-state index is 12.2. The lowest BCUT2D eigenvalue weighted by atomic mass is 10.1. The van der Waals surface area contributed by atoms with Gasteiger partial charge in [-0.15, -0.1) is 11.3 Å². The van der Waals surface area contributed by atoms with Gasteiger partial charge < -0.3 is 0 Å². The zero-order valence-electron chi connectivity index (χ0n) is 11.4. The van der Waals surface area contributed by atoms with Gasteiger partial charge in [0, 0.05) is 5.39 Å². The van der Waals surface area contributed by atoms with E-state index in [1.54, 1.807) is 12.1 Å². The Morgan fingerprint density at radius 1 is 1.18 bits per heavy atom. The molecule has 2 aromatic heterocycles. The van der Waals surface area contributed by atoms with Gasteiger partial charge in [0.1, 0.15) is 0 Å². The quantitative estimate of drug-likeness (QED) is 0.599. The summed E-state index contributed by atoms with van der Waals surface area (Å²) < 4.78 is 0.845. The van der Waals surface area contributed by atoms with E-state index in [1.165, 1.54) is 11.3 Å². The van der Waals surface area contributed by atoms with E-state index >= 15 is 0 Å². The van der Waals surface area contributed by atoms with E-state index < -0.39 is 5.91 Å². The maximum Gasteiger partial charge on any atom is 0.290 e. The SMILES string of the molecule is Cc1ccc2[nH]nc(C(=O)NNC(=O)c3ccc(Br)s3)c2c1. The molecule has 0 saturated carbocycles. The van der Waals surface area contributed by atoms with E-state index in [9.17, 15) is 9.59 Å². The standard InChI is InChI=1S/C14H11BrN4O2S/c1-7-2-3-9-8(6-7)12(17-16-9)14(21)19-18-13(20)10-4-5-11(15)22-10/h2-6H,1H3,(H,16,17)(H,18,20)(H,19,21). The molecule has 1 aromatic carbocycles. The van der Waals surface area contributed by atoms with E-state index in [-0.39, 0.29) is 11.6 Å². The fourth-order valence-corrected chi connectivity index (χ4v) is 3.25. The molecule has 22 heavy (non-hydrogen) atoms. The molecule has 0 atom stereocenters. The number of aryl methyl sites for hydroxylation is 1. The van der Waals surface area contributed by atoms with Gasteiger partial charge in [0.15, 0.2) is 5.69 Å². The van der Waals surface area contributed by atoms with Crippen LogP contribution in [0.15, 0.2) is 34.1 Å². The average Bonchev–Trinajstić information content (AvgIpc) is 3.10. The predicted octanol–water partition coefficient (Wildman–Crippen LogP) is 2.77. The van der Waals surface area contributed by atoms with Gasteiger partial charge in [0.05, 0.1) is 14.2 Å². The smallest absolute Gasteiger partial charge is 0.277 e. The largest absolute Gasteiger partial charge is 0.290 e. The van der Waals surface area contributed by atoms with Gasteiger partial charge in [-0.05, 0) is 47.1 Å². The summed E-state index contributed by atoms with van der Waals surface area (Å²) in [5.41, 5.74) is 6.78. The third-order valence-electron chi connectivity index (χ3n) is 3.02. The predicted molar refractivity (Wildman–Crippen MR) is 87.8 cm³/mol. The molecule has 2 amide bonds.